The van der Waals surface area contributed by atoms with Gasteiger partial charge in [-0.25, -0.2) is 0 Å². The van der Waals surface area contributed by atoms with Crippen LogP contribution in [0.25, 0.3) is 0 Å². The average molecular weight is 241 g/mol. The van der Waals surface area contributed by atoms with Crippen LogP contribution in [0.4, 0.5) is 0 Å². The van der Waals surface area contributed by atoms with Crippen LogP contribution in [0.2, 0.25) is 0 Å². The summed E-state index contributed by atoms with van der Waals surface area (Å²) in [5.74, 6) is 0.376. The number of benzene rings is 1. The molecule has 0 unspecified atom stereocenters. The van der Waals surface area contributed by atoms with Crippen LogP contribution in [0.1, 0.15) is 31.9 Å². The van der Waals surface area contributed by atoms with Gasteiger partial charge in [0.15, 0.2) is 0 Å². The smallest absolute Gasteiger partial charge is 0.118 e. The van der Waals surface area contributed by atoms with Crippen molar-refractivity contribution in [2.24, 2.45) is 0 Å². The van der Waals surface area contributed by atoms with Gasteiger partial charge in [-0.3, -0.25) is 0 Å². The molecular formula is C12H20O2Sc. The molecule has 1 aromatic carbocycles. The summed E-state index contributed by atoms with van der Waals surface area (Å²) in [6.07, 6.45) is 0. The van der Waals surface area contributed by atoms with E-state index in [-0.39, 0.29) is 25.8 Å². The summed E-state index contributed by atoms with van der Waals surface area (Å²) in [5, 5.41) is 17.6. The normalized spacial score (nSPS) is 9.73. The molecule has 0 bridgehead atoms. The standard InChI is InChI=1S/C8H10O.C4H10O.Sc/c1-6-3-4-8(9)7(2)5-6;1-4(2,3)5;/h3-5,9H,1-2H3;5H,1-3H3;. The molecule has 1 radical (unpaired) electrons. The third kappa shape index (κ3) is 11.8. The molecule has 0 fully saturated rings. The Morgan fingerprint density at radius 3 is 1.73 bits per heavy atom. The van der Waals surface area contributed by atoms with Crippen molar-refractivity contribution in [1.29, 1.82) is 0 Å². The minimum atomic E-state index is -0.500. The fourth-order valence-electron chi connectivity index (χ4n) is 0.805. The number of rotatable bonds is 0. The van der Waals surface area contributed by atoms with E-state index in [4.69, 9.17) is 10.2 Å². The Labute approximate surface area is 111 Å². The van der Waals surface area contributed by atoms with Crippen molar-refractivity contribution < 1.29 is 36.1 Å². The van der Waals surface area contributed by atoms with Crippen molar-refractivity contribution in [3.63, 3.8) is 0 Å². The van der Waals surface area contributed by atoms with Gasteiger partial charge < -0.3 is 10.2 Å². The summed E-state index contributed by atoms with van der Waals surface area (Å²) in [6.45, 7) is 9.13. The second-order valence-corrected chi connectivity index (χ2v) is 4.46. The SMILES string of the molecule is CC(C)(C)O.Cc1ccc(O)c(C)c1.[Sc]. The first kappa shape index (κ1) is 17.3. The molecule has 0 aliphatic heterocycles. The quantitative estimate of drug-likeness (QED) is 0.733. The van der Waals surface area contributed by atoms with Gasteiger partial charge in [0, 0.05) is 25.8 Å². The molecule has 0 atom stereocenters. The molecule has 0 aromatic heterocycles. The molecule has 0 saturated carbocycles. The summed E-state index contributed by atoms with van der Waals surface area (Å²) < 4.78 is 0. The molecule has 15 heavy (non-hydrogen) atoms. The van der Waals surface area contributed by atoms with Crippen molar-refractivity contribution in [2.45, 2.75) is 40.2 Å². The molecule has 0 saturated heterocycles. The number of aliphatic hydroxyl groups is 1. The minimum Gasteiger partial charge on any atom is -0.508 e. The van der Waals surface area contributed by atoms with Crippen LogP contribution in [0.3, 0.4) is 0 Å². The van der Waals surface area contributed by atoms with Crippen LogP contribution < -0.4 is 0 Å². The van der Waals surface area contributed by atoms with E-state index >= 15 is 0 Å². The van der Waals surface area contributed by atoms with Gasteiger partial charge in [-0.2, -0.15) is 0 Å². The number of aryl methyl sites for hydroxylation is 2. The van der Waals surface area contributed by atoms with E-state index in [9.17, 15) is 0 Å². The second kappa shape index (κ2) is 7.18. The summed E-state index contributed by atoms with van der Waals surface area (Å²) >= 11 is 0. The van der Waals surface area contributed by atoms with Gasteiger partial charge >= 0.3 is 0 Å². The predicted molar refractivity (Wildman–Crippen MR) is 59.6 cm³/mol. The van der Waals surface area contributed by atoms with Crippen LogP contribution in [-0.4, -0.2) is 15.8 Å². The van der Waals surface area contributed by atoms with Crippen molar-refractivity contribution in [3.8, 4) is 5.75 Å². The van der Waals surface area contributed by atoms with E-state index in [0.717, 1.165) is 5.56 Å². The van der Waals surface area contributed by atoms with Crippen LogP contribution >= 0.6 is 0 Å². The molecule has 0 amide bonds. The number of phenols is 1. The summed E-state index contributed by atoms with van der Waals surface area (Å²) in [6, 6.07) is 5.56. The molecule has 0 aliphatic carbocycles. The number of phenolic OH excluding ortho intramolecular Hbond substituents is 1. The van der Waals surface area contributed by atoms with E-state index in [1.54, 1.807) is 26.8 Å². The zero-order valence-electron chi connectivity index (χ0n) is 10.2. The van der Waals surface area contributed by atoms with Gasteiger partial charge in [0.2, 0.25) is 0 Å². The van der Waals surface area contributed by atoms with Gasteiger partial charge in [-0.1, -0.05) is 17.7 Å². The van der Waals surface area contributed by atoms with Crippen LogP contribution in [0, 0.1) is 13.8 Å². The number of hydrogen-bond donors (Lipinski definition) is 2. The maximum absolute atomic E-state index is 9.04. The third-order valence-corrected chi connectivity index (χ3v) is 1.35. The van der Waals surface area contributed by atoms with Gasteiger partial charge in [0.05, 0.1) is 5.60 Å². The molecule has 1 aromatic rings. The first-order chi connectivity index (χ1) is 6.20. The maximum Gasteiger partial charge on any atom is 0.118 e. The molecule has 1 rings (SSSR count). The Balaban J connectivity index is 0. The zero-order valence-corrected chi connectivity index (χ0v) is 12.0. The Morgan fingerprint density at radius 1 is 1.07 bits per heavy atom. The number of aromatic hydroxyl groups is 1. The number of hydrogen-bond acceptors (Lipinski definition) is 2. The molecule has 3 heteroatoms. The first-order valence-corrected chi connectivity index (χ1v) is 4.69. The Bertz CT molecular complexity index is 284. The average Bonchev–Trinajstić information content (AvgIpc) is 1.94. The zero-order chi connectivity index (χ0) is 11.4. The molecule has 0 heterocycles. The monoisotopic (exact) mass is 241 g/mol. The Hall–Kier alpha value is -0.150. The van der Waals surface area contributed by atoms with Crippen molar-refractivity contribution in [3.05, 3.63) is 29.3 Å². The summed E-state index contributed by atoms with van der Waals surface area (Å²) in [7, 11) is 0. The summed E-state index contributed by atoms with van der Waals surface area (Å²) in [4.78, 5) is 0. The van der Waals surface area contributed by atoms with Gasteiger partial charge in [0.25, 0.3) is 0 Å². The first-order valence-electron chi connectivity index (χ1n) is 4.69. The third-order valence-electron chi connectivity index (χ3n) is 1.35. The fraction of sp³-hybridized carbons (Fsp3) is 0.500. The van der Waals surface area contributed by atoms with E-state index < -0.39 is 5.60 Å². The van der Waals surface area contributed by atoms with Gasteiger partial charge in [0.1, 0.15) is 5.75 Å². The van der Waals surface area contributed by atoms with Gasteiger partial charge in [-0.05, 0) is 46.2 Å². The molecule has 2 nitrogen and oxygen atoms in total. The molecule has 83 valence electrons. The van der Waals surface area contributed by atoms with E-state index in [1.165, 1.54) is 5.56 Å². The van der Waals surface area contributed by atoms with Crippen LogP contribution in [0.5, 0.6) is 5.75 Å². The molecular weight excluding hydrogens is 221 g/mol. The molecule has 0 aliphatic rings. The maximum atomic E-state index is 9.04. The van der Waals surface area contributed by atoms with Crippen molar-refractivity contribution in [1.82, 2.24) is 0 Å². The predicted octanol–water partition coefficient (Wildman–Crippen LogP) is 2.78. The Morgan fingerprint density at radius 2 is 1.47 bits per heavy atom. The van der Waals surface area contributed by atoms with E-state index in [0.29, 0.717) is 5.75 Å². The van der Waals surface area contributed by atoms with Gasteiger partial charge in [-0.15, -0.1) is 0 Å². The van der Waals surface area contributed by atoms with E-state index in [2.05, 4.69) is 0 Å². The fourth-order valence-corrected chi connectivity index (χ4v) is 0.805. The van der Waals surface area contributed by atoms with Crippen LogP contribution in [-0.2, 0) is 25.8 Å². The molecule has 2 N–H and O–H groups in total. The Kier molecular flexibility index (Phi) is 8.26. The topological polar surface area (TPSA) is 40.5 Å². The van der Waals surface area contributed by atoms with Crippen LogP contribution in [0.15, 0.2) is 18.2 Å². The van der Waals surface area contributed by atoms with Crippen molar-refractivity contribution >= 4 is 0 Å². The molecule has 0 spiro atoms. The second-order valence-electron chi connectivity index (χ2n) is 4.46. The summed E-state index contributed by atoms with van der Waals surface area (Å²) in [5.41, 5.74) is 1.63. The largest absolute Gasteiger partial charge is 0.508 e. The van der Waals surface area contributed by atoms with Crippen molar-refractivity contribution in [2.75, 3.05) is 0 Å². The minimum absolute atomic E-state index is 0. The van der Waals surface area contributed by atoms with E-state index in [1.807, 2.05) is 26.0 Å².